The van der Waals surface area contributed by atoms with Gasteiger partial charge in [0, 0.05) is 24.5 Å². The average Bonchev–Trinajstić information content (AvgIpc) is 2.93. The molecule has 168 valence electrons. The Kier molecular flexibility index (Phi) is 5.46. The number of aromatic nitrogens is 1. The third-order valence-corrected chi connectivity index (χ3v) is 8.05. The van der Waals surface area contributed by atoms with E-state index in [9.17, 15) is 8.42 Å². The summed E-state index contributed by atoms with van der Waals surface area (Å²) in [7, 11) is -4.30. The number of halogens is 2. The first-order valence-corrected chi connectivity index (χ1v) is 12.1. The second-order valence-electron chi connectivity index (χ2n) is 8.29. The summed E-state index contributed by atoms with van der Waals surface area (Å²) >= 11 is 0. The van der Waals surface area contributed by atoms with Crippen LogP contribution in [0, 0.1) is 0 Å². The van der Waals surface area contributed by atoms with E-state index in [0.717, 1.165) is 4.31 Å². The monoisotopic (exact) mass is 464 g/mol. The first-order valence-electron chi connectivity index (χ1n) is 10.7. The molecule has 4 aromatic rings. The minimum absolute atomic E-state index is 0.0613. The van der Waals surface area contributed by atoms with Crippen molar-refractivity contribution in [1.82, 2.24) is 9.29 Å². The van der Waals surface area contributed by atoms with Crippen molar-refractivity contribution in [2.45, 2.75) is 36.2 Å². The van der Waals surface area contributed by atoms with E-state index in [1.165, 1.54) is 12.3 Å². The predicted octanol–water partition coefficient (Wildman–Crippen LogP) is 5.23. The normalized spacial score (nSPS) is 18.5. The molecule has 33 heavy (non-hydrogen) atoms. The number of rotatable bonds is 4. The predicted molar refractivity (Wildman–Crippen MR) is 123 cm³/mol. The summed E-state index contributed by atoms with van der Waals surface area (Å²) < 4.78 is 60.6. The number of pyridine rings is 1. The SMILES string of the molecule is O=S(=O)(c1cccc2cccnc12)N1Cc2ccccc2CC(F)(F)[C@H]1Cc1ccccc1. The van der Waals surface area contributed by atoms with E-state index in [2.05, 4.69) is 4.98 Å². The average molecular weight is 465 g/mol. The molecule has 3 aromatic carbocycles. The van der Waals surface area contributed by atoms with Crippen LogP contribution in [0.4, 0.5) is 8.78 Å². The van der Waals surface area contributed by atoms with Crippen molar-refractivity contribution in [3.05, 3.63) is 108 Å². The smallest absolute Gasteiger partial charge is 0.255 e. The van der Waals surface area contributed by atoms with Crippen molar-refractivity contribution in [2.24, 2.45) is 0 Å². The van der Waals surface area contributed by atoms with E-state index in [-0.39, 0.29) is 23.4 Å². The van der Waals surface area contributed by atoms with Gasteiger partial charge in [-0.1, -0.05) is 72.8 Å². The van der Waals surface area contributed by atoms with E-state index in [1.807, 2.05) is 0 Å². The van der Waals surface area contributed by atoms with Gasteiger partial charge in [0.1, 0.15) is 4.90 Å². The summed E-state index contributed by atoms with van der Waals surface area (Å²) in [4.78, 5) is 4.20. The summed E-state index contributed by atoms with van der Waals surface area (Å²) in [6, 6.07) is 22.4. The molecular weight excluding hydrogens is 442 g/mol. The molecule has 1 aliphatic rings. The molecule has 2 heterocycles. The number of nitrogens with zero attached hydrogens (tertiary/aromatic N) is 2. The standard InChI is InChI=1S/C26H22F2N2O2S/c27-26(28)17-21-10-4-5-11-22(21)18-30(24(26)16-19-8-2-1-3-9-19)33(31,32)23-14-6-12-20-13-7-15-29-25(20)23/h1-15,24H,16-18H2/t24-/m1/s1. The van der Waals surface area contributed by atoms with Crippen LogP contribution < -0.4 is 0 Å². The van der Waals surface area contributed by atoms with E-state index in [1.54, 1.807) is 78.9 Å². The van der Waals surface area contributed by atoms with Crippen molar-refractivity contribution in [2.75, 3.05) is 0 Å². The molecule has 5 rings (SSSR count). The maximum absolute atomic E-state index is 15.8. The van der Waals surface area contributed by atoms with Gasteiger partial charge in [-0.25, -0.2) is 17.2 Å². The molecule has 0 saturated carbocycles. The Balaban J connectivity index is 1.69. The molecule has 0 bridgehead atoms. The molecule has 0 spiro atoms. The number of alkyl halides is 2. The fourth-order valence-corrected chi connectivity index (χ4v) is 6.29. The number of sulfonamides is 1. The molecule has 0 radical (unpaired) electrons. The highest BCUT2D eigenvalue weighted by Gasteiger charge is 2.50. The van der Waals surface area contributed by atoms with Crippen LogP contribution in [0.25, 0.3) is 10.9 Å². The molecule has 0 fully saturated rings. The third kappa shape index (κ3) is 4.03. The molecule has 7 heteroatoms. The lowest BCUT2D eigenvalue weighted by atomic mass is 9.96. The quantitative estimate of drug-likeness (QED) is 0.416. The Bertz CT molecular complexity index is 1400. The van der Waals surface area contributed by atoms with E-state index >= 15 is 8.78 Å². The zero-order valence-electron chi connectivity index (χ0n) is 17.7. The van der Waals surface area contributed by atoms with E-state index < -0.39 is 28.4 Å². The maximum Gasteiger partial charge on any atom is 0.268 e. The molecule has 1 aliphatic heterocycles. The maximum atomic E-state index is 15.8. The van der Waals surface area contributed by atoms with Gasteiger partial charge in [-0.3, -0.25) is 4.98 Å². The zero-order valence-corrected chi connectivity index (χ0v) is 18.6. The fraction of sp³-hybridized carbons (Fsp3) is 0.192. The van der Waals surface area contributed by atoms with Crippen LogP contribution in [0.1, 0.15) is 16.7 Å². The molecule has 1 aromatic heterocycles. The van der Waals surface area contributed by atoms with Gasteiger partial charge in [0.25, 0.3) is 5.92 Å². The van der Waals surface area contributed by atoms with Crippen LogP contribution >= 0.6 is 0 Å². The van der Waals surface area contributed by atoms with Crippen molar-refractivity contribution in [3.8, 4) is 0 Å². The number of hydrogen-bond donors (Lipinski definition) is 0. The molecule has 4 nitrogen and oxygen atoms in total. The van der Waals surface area contributed by atoms with Crippen LogP contribution in [0.2, 0.25) is 0 Å². The van der Waals surface area contributed by atoms with Gasteiger partial charge in [0.15, 0.2) is 0 Å². The number of fused-ring (bicyclic) bond motifs is 2. The van der Waals surface area contributed by atoms with Gasteiger partial charge in [0.2, 0.25) is 10.0 Å². The van der Waals surface area contributed by atoms with Gasteiger partial charge in [0.05, 0.1) is 11.6 Å². The first-order chi connectivity index (χ1) is 15.9. The van der Waals surface area contributed by atoms with Gasteiger partial charge in [-0.05, 0) is 35.2 Å². The molecule has 0 amide bonds. The van der Waals surface area contributed by atoms with E-state index in [0.29, 0.717) is 22.1 Å². The summed E-state index contributed by atoms with van der Waals surface area (Å²) in [5, 5.41) is 0.639. The lowest BCUT2D eigenvalue weighted by Gasteiger charge is -2.34. The van der Waals surface area contributed by atoms with Crippen LogP contribution in [0.3, 0.4) is 0 Å². The summed E-state index contributed by atoms with van der Waals surface area (Å²) in [5.74, 6) is -3.27. The second-order valence-corrected chi connectivity index (χ2v) is 10.2. The number of para-hydroxylation sites is 1. The lowest BCUT2D eigenvalue weighted by Crippen LogP contribution is -2.50. The minimum Gasteiger partial charge on any atom is -0.255 e. The van der Waals surface area contributed by atoms with Crippen molar-refractivity contribution >= 4 is 20.9 Å². The van der Waals surface area contributed by atoms with Crippen molar-refractivity contribution in [3.63, 3.8) is 0 Å². The molecular formula is C26H22F2N2O2S. The molecule has 0 unspecified atom stereocenters. The Morgan fingerprint density at radius 2 is 1.58 bits per heavy atom. The Morgan fingerprint density at radius 1 is 0.879 bits per heavy atom. The molecule has 0 saturated heterocycles. The minimum atomic E-state index is -4.30. The van der Waals surface area contributed by atoms with E-state index in [4.69, 9.17) is 0 Å². The van der Waals surface area contributed by atoms with Gasteiger partial charge < -0.3 is 0 Å². The third-order valence-electron chi connectivity index (χ3n) is 6.16. The fourth-order valence-electron chi connectivity index (χ4n) is 4.50. The number of benzene rings is 3. The van der Waals surface area contributed by atoms with Crippen molar-refractivity contribution < 1.29 is 17.2 Å². The number of hydrogen-bond acceptors (Lipinski definition) is 3. The molecule has 1 atom stereocenters. The largest absolute Gasteiger partial charge is 0.268 e. The van der Waals surface area contributed by atoms with Gasteiger partial charge in [-0.2, -0.15) is 4.31 Å². The van der Waals surface area contributed by atoms with Crippen LogP contribution in [0.5, 0.6) is 0 Å². The summed E-state index contributed by atoms with van der Waals surface area (Å²) in [6.07, 6.45) is 0.898. The van der Waals surface area contributed by atoms with Crippen molar-refractivity contribution in [1.29, 1.82) is 0 Å². The Hall–Kier alpha value is -3.16. The lowest BCUT2D eigenvalue weighted by molar-refractivity contribution is -0.0574. The topological polar surface area (TPSA) is 50.3 Å². The van der Waals surface area contributed by atoms with Crippen LogP contribution in [-0.2, 0) is 29.4 Å². The highest BCUT2D eigenvalue weighted by atomic mass is 32.2. The Morgan fingerprint density at radius 3 is 2.36 bits per heavy atom. The molecule has 0 N–H and O–H groups in total. The van der Waals surface area contributed by atoms with Crippen LogP contribution in [0.15, 0.2) is 96.0 Å². The highest BCUT2D eigenvalue weighted by Crippen LogP contribution is 2.39. The summed E-state index contributed by atoms with van der Waals surface area (Å²) in [5.41, 5.74) is 1.99. The zero-order chi connectivity index (χ0) is 23.1. The van der Waals surface area contributed by atoms with Gasteiger partial charge >= 0.3 is 0 Å². The Labute approximate surface area is 191 Å². The highest BCUT2D eigenvalue weighted by molar-refractivity contribution is 7.89. The molecule has 0 aliphatic carbocycles. The van der Waals surface area contributed by atoms with Crippen LogP contribution in [-0.4, -0.2) is 29.7 Å². The first kappa shape index (κ1) is 21.7. The van der Waals surface area contributed by atoms with Gasteiger partial charge in [-0.15, -0.1) is 0 Å². The second kappa shape index (κ2) is 8.32. The summed E-state index contributed by atoms with van der Waals surface area (Å²) in [6.45, 7) is -0.130.